The first-order valence-electron chi connectivity index (χ1n) is 19.2. The number of rotatable bonds is 7. The van der Waals surface area contributed by atoms with Gasteiger partial charge in [0, 0.05) is 23.4 Å². The zero-order chi connectivity index (χ0) is 38.3. The summed E-state index contributed by atoms with van der Waals surface area (Å²) < 4.78 is 6.88. The molecule has 0 fully saturated rings. The summed E-state index contributed by atoms with van der Waals surface area (Å²) in [5.74, 6) is 1.16. The van der Waals surface area contributed by atoms with Crippen molar-refractivity contribution in [3.8, 4) is 33.9 Å². The van der Waals surface area contributed by atoms with Crippen molar-refractivity contribution < 1.29 is 25.8 Å². The van der Waals surface area contributed by atoms with E-state index in [2.05, 4.69) is 183 Å². The Labute approximate surface area is 353 Å². The van der Waals surface area contributed by atoms with Gasteiger partial charge in [-0.1, -0.05) is 127 Å². The van der Waals surface area contributed by atoms with Crippen LogP contribution in [0.4, 0.5) is 17.1 Å². The maximum Gasteiger partial charge on any atom is 2.00 e. The van der Waals surface area contributed by atoms with Crippen molar-refractivity contribution in [2.45, 2.75) is 19.3 Å². The molecule has 58 heavy (non-hydrogen) atoms. The van der Waals surface area contributed by atoms with Gasteiger partial charge in [-0.05, 0) is 95.2 Å². The molecule has 0 saturated heterocycles. The van der Waals surface area contributed by atoms with Gasteiger partial charge in [0.1, 0.15) is 0 Å². The second-order valence-electron chi connectivity index (χ2n) is 14.5. The summed E-state index contributed by atoms with van der Waals surface area (Å²) in [5.41, 5.74) is 13.7. The summed E-state index contributed by atoms with van der Waals surface area (Å²) in [6.45, 7) is 4.31. The number of nitrogens with zero attached hydrogens (tertiary/aromatic N) is 3. The molecule has 4 nitrogen and oxygen atoms in total. The SMILES string of the molecule is Cc1cccc(C)c1-c1cc(Oc2[c-]c(C3(c4ccccn4)c4ccccc4N(c4ccccc4)c4ccccc43)ccc2)[c-]c(-c2ccc3ccccc3n2)c1.[Pt+2]. The third-order valence-corrected chi connectivity index (χ3v) is 11.0. The molecule has 10 rings (SSSR count). The van der Waals surface area contributed by atoms with E-state index >= 15 is 0 Å². The van der Waals surface area contributed by atoms with Gasteiger partial charge in [-0.15, -0.1) is 29.3 Å². The number of benzene rings is 7. The Bertz CT molecular complexity index is 2860. The van der Waals surface area contributed by atoms with Crippen LogP contribution in [0, 0.1) is 26.0 Å². The van der Waals surface area contributed by atoms with Crippen molar-refractivity contribution >= 4 is 28.0 Å². The number of pyridine rings is 2. The molecule has 1 aliphatic heterocycles. The standard InChI is InChI=1S/C53H37N3O.Pt/c1-36-16-14-17-37(2)52(36)40-32-39(48-30-29-38-18-6-9-25-47(38)55-48)33-44(34-40)57-43-22-15-19-41(35-43)53(51-28-12-13-31-54-51)45-23-7-10-26-49(45)56(42-20-4-3-5-21-42)50-27-11-8-24-46(50)53;/h3-32,34H,1-2H3;/q-2;+2. The molecule has 0 radical (unpaired) electrons. The molecule has 0 atom stereocenters. The number of hydrogen-bond acceptors (Lipinski definition) is 4. The molecule has 0 N–H and O–H groups in total. The minimum Gasteiger partial charge on any atom is -0.503 e. The number of aromatic nitrogens is 2. The summed E-state index contributed by atoms with van der Waals surface area (Å²) in [6.07, 6.45) is 1.88. The van der Waals surface area contributed by atoms with Crippen molar-refractivity contribution in [2.75, 3.05) is 4.90 Å². The van der Waals surface area contributed by atoms with Gasteiger partial charge in [-0.3, -0.25) is 9.97 Å². The molecule has 2 aromatic heterocycles. The zero-order valence-electron chi connectivity index (χ0n) is 32.0. The van der Waals surface area contributed by atoms with E-state index in [-0.39, 0.29) is 21.1 Å². The quantitative estimate of drug-likeness (QED) is 0.149. The van der Waals surface area contributed by atoms with Gasteiger partial charge in [-0.25, -0.2) is 0 Å². The summed E-state index contributed by atoms with van der Waals surface area (Å²) in [5, 5.41) is 1.09. The van der Waals surface area contributed by atoms with E-state index in [1.807, 2.05) is 36.5 Å². The smallest absolute Gasteiger partial charge is 0.503 e. The van der Waals surface area contributed by atoms with E-state index in [0.717, 1.165) is 67.2 Å². The van der Waals surface area contributed by atoms with Gasteiger partial charge in [0.2, 0.25) is 0 Å². The third kappa shape index (κ3) is 6.31. The van der Waals surface area contributed by atoms with Gasteiger partial charge in [-0.2, -0.15) is 12.1 Å². The maximum atomic E-state index is 6.88. The second kappa shape index (κ2) is 15.4. The van der Waals surface area contributed by atoms with Crippen LogP contribution in [0.5, 0.6) is 11.5 Å². The molecule has 0 amide bonds. The normalized spacial score (nSPS) is 12.6. The van der Waals surface area contributed by atoms with Crippen molar-refractivity contribution in [1.82, 2.24) is 9.97 Å². The number of para-hydroxylation sites is 4. The van der Waals surface area contributed by atoms with Crippen LogP contribution in [0.15, 0.2) is 188 Å². The minimum atomic E-state index is -0.816. The molecule has 1 aliphatic rings. The average molecular weight is 927 g/mol. The van der Waals surface area contributed by atoms with Crippen molar-refractivity contribution in [2.24, 2.45) is 0 Å². The molecule has 0 aliphatic carbocycles. The van der Waals surface area contributed by atoms with E-state index in [0.29, 0.717) is 11.5 Å². The summed E-state index contributed by atoms with van der Waals surface area (Å²) >= 11 is 0. The van der Waals surface area contributed by atoms with Crippen LogP contribution in [-0.2, 0) is 26.5 Å². The molecule has 0 saturated carbocycles. The average Bonchev–Trinajstić information content (AvgIpc) is 3.26. The molecule has 0 bridgehead atoms. The van der Waals surface area contributed by atoms with Crippen molar-refractivity contribution in [3.63, 3.8) is 0 Å². The molecular formula is C53H37N3OPt. The summed E-state index contributed by atoms with van der Waals surface area (Å²) in [7, 11) is 0. The fourth-order valence-corrected chi connectivity index (χ4v) is 8.60. The number of anilines is 3. The van der Waals surface area contributed by atoms with Gasteiger partial charge in [0.05, 0.1) is 28.0 Å². The Morgan fingerprint density at radius 3 is 1.98 bits per heavy atom. The number of ether oxygens (including phenoxy) is 1. The number of hydrogen-bond donors (Lipinski definition) is 0. The van der Waals surface area contributed by atoms with Crippen LogP contribution < -0.4 is 9.64 Å². The number of aryl methyl sites for hydroxylation is 2. The van der Waals surface area contributed by atoms with Gasteiger partial charge in [0.25, 0.3) is 0 Å². The minimum absolute atomic E-state index is 0. The Kier molecular flexibility index (Phi) is 9.81. The van der Waals surface area contributed by atoms with Crippen molar-refractivity contribution in [1.29, 1.82) is 0 Å². The zero-order valence-corrected chi connectivity index (χ0v) is 34.2. The first-order chi connectivity index (χ1) is 28.1. The van der Waals surface area contributed by atoms with Crippen LogP contribution in [0.25, 0.3) is 33.3 Å². The molecular weight excluding hydrogens is 890 g/mol. The van der Waals surface area contributed by atoms with Crippen LogP contribution in [0.1, 0.15) is 33.5 Å². The Morgan fingerprint density at radius 2 is 1.24 bits per heavy atom. The Hall–Kier alpha value is -6.61. The molecule has 7 aromatic carbocycles. The van der Waals surface area contributed by atoms with Crippen molar-refractivity contribution in [3.05, 3.63) is 234 Å². The second-order valence-corrected chi connectivity index (χ2v) is 14.5. The van der Waals surface area contributed by atoms with Gasteiger partial charge in [0.15, 0.2) is 0 Å². The van der Waals surface area contributed by atoms with Crippen LogP contribution in [-0.4, -0.2) is 9.97 Å². The Balaban J connectivity index is 0.00000436. The van der Waals surface area contributed by atoms with Crippen LogP contribution in [0.2, 0.25) is 0 Å². The predicted molar refractivity (Wildman–Crippen MR) is 231 cm³/mol. The number of fused-ring (bicyclic) bond motifs is 3. The molecule has 0 unspecified atom stereocenters. The first-order valence-corrected chi connectivity index (χ1v) is 19.2. The molecule has 3 heterocycles. The van der Waals surface area contributed by atoms with E-state index in [9.17, 15) is 0 Å². The van der Waals surface area contributed by atoms with E-state index in [4.69, 9.17) is 14.7 Å². The summed E-state index contributed by atoms with van der Waals surface area (Å²) in [4.78, 5) is 12.5. The molecule has 0 spiro atoms. The molecule has 5 heteroatoms. The molecule has 280 valence electrons. The van der Waals surface area contributed by atoms with Gasteiger partial charge < -0.3 is 9.64 Å². The fourth-order valence-electron chi connectivity index (χ4n) is 8.60. The first kappa shape index (κ1) is 37.0. The Morgan fingerprint density at radius 1 is 0.569 bits per heavy atom. The van der Waals surface area contributed by atoms with Gasteiger partial charge >= 0.3 is 21.1 Å². The van der Waals surface area contributed by atoms with Crippen LogP contribution >= 0.6 is 0 Å². The molecule has 9 aromatic rings. The topological polar surface area (TPSA) is 38.2 Å². The van der Waals surface area contributed by atoms with E-state index in [1.165, 1.54) is 16.7 Å². The largest absolute Gasteiger partial charge is 2.00 e. The van der Waals surface area contributed by atoms with Crippen LogP contribution in [0.3, 0.4) is 0 Å². The monoisotopic (exact) mass is 926 g/mol. The fraction of sp³-hybridized carbons (Fsp3) is 0.0566. The maximum absolute atomic E-state index is 6.88. The third-order valence-electron chi connectivity index (χ3n) is 11.0. The predicted octanol–water partition coefficient (Wildman–Crippen LogP) is 13.1. The van der Waals surface area contributed by atoms with E-state index in [1.54, 1.807) is 0 Å². The summed E-state index contributed by atoms with van der Waals surface area (Å²) in [6, 6.07) is 70.6. The van der Waals surface area contributed by atoms with E-state index < -0.39 is 5.41 Å².